The van der Waals surface area contributed by atoms with Crippen LogP contribution in [-0.2, 0) is 13.1 Å². The number of hydrogen-bond donors (Lipinski definition) is 1. The Kier molecular flexibility index (Phi) is 7.84. The van der Waals surface area contributed by atoms with Crippen molar-refractivity contribution >= 4 is 16.8 Å². The number of nitrogens with one attached hydrogen (secondary N) is 1. The van der Waals surface area contributed by atoms with Crippen LogP contribution in [0.1, 0.15) is 51.5 Å². The van der Waals surface area contributed by atoms with Gasteiger partial charge in [0.2, 0.25) is 5.88 Å². The standard InChI is InChI=1S/C33H39N5O2/c1-24-29-20-28(27-12-14-36(15-13-27)23-26-8-11-31(40-2)34-21-26)9-10-30(29)35-32(24)33(39)38-18-16-37(17-19-38)22-25-6-4-3-5-7-25/h3-11,20-21,27,35H,12-19,22-23H2,1-2H3. The Bertz CT molecular complexity index is 1430. The van der Waals surface area contributed by atoms with Crippen molar-refractivity contribution < 1.29 is 9.53 Å². The predicted molar refractivity (Wildman–Crippen MR) is 159 cm³/mol. The zero-order valence-electron chi connectivity index (χ0n) is 23.6. The van der Waals surface area contributed by atoms with Gasteiger partial charge in [0, 0.05) is 62.4 Å². The summed E-state index contributed by atoms with van der Waals surface area (Å²) in [5.74, 6) is 1.32. The van der Waals surface area contributed by atoms with E-state index in [2.05, 4.69) is 81.3 Å². The van der Waals surface area contributed by atoms with Crippen LogP contribution in [0, 0.1) is 6.92 Å². The second-order valence-electron chi connectivity index (χ2n) is 11.2. The molecule has 2 aromatic heterocycles. The first kappa shape index (κ1) is 26.5. The lowest BCUT2D eigenvalue weighted by molar-refractivity contribution is 0.0623. The van der Waals surface area contributed by atoms with E-state index < -0.39 is 0 Å². The van der Waals surface area contributed by atoms with Gasteiger partial charge in [0.25, 0.3) is 5.91 Å². The van der Waals surface area contributed by atoms with E-state index in [-0.39, 0.29) is 5.91 Å². The Hall–Kier alpha value is -3.68. The lowest BCUT2D eigenvalue weighted by atomic mass is 9.88. The molecule has 2 saturated heterocycles. The van der Waals surface area contributed by atoms with Gasteiger partial charge in [0.15, 0.2) is 0 Å². The second-order valence-corrected chi connectivity index (χ2v) is 11.2. The topological polar surface area (TPSA) is 64.7 Å². The Morgan fingerprint density at radius 1 is 0.900 bits per heavy atom. The maximum absolute atomic E-state index is 13.5. The highest BCUT2D eigenvalue weighted by molar-refractivity contribution is 6.01. The summed E-state index contributed by atoms with van der Waals surface area (Å²) in [6.45, 7) is 9.41. The first-order chi connectivity index (χ1) is 19.6. The van der Waals surface area contributed by atoms with Crippen molar-refractivity contribution in [3.63, 3.8) is 0 Å². The summed E-state index contributed by atoms with van der Waals surface area (Å²) >= 11 is 0. The van der Waals surface area contributed by atoms with Crippen molar-refractivity contribution in [2.45, 2.75) is 38.8 Å². The molecule has 6 rings (SSSR count). The van der Waals surface area contributed by atoms with Gasteiger partial charge in [-0.1, -0.05) is 42.5 Å². The molecule has 2 aliphatic rings. The summed E-state index contributed by atoms with van der Waals surface area (Å²) in [7, 11) is 1.65. The number of amides is 1. The van der Waals surface area contributed by atoms with Gasteiger partial charge >= 0.3 is 0 Å². The Balaban J connectivity index is 1.06. The number of pyridine rings is 1. The number of likely N-dealkylation sites (tertiary alicyclic amines) is 1. The lowest BCUT2D eigenvalue weighted by Crippen LogP contribution is -2.48. The molecule has 0 radical (unpaired) electrons. The molecule has 0 saturated carbocycles. The average molecular weight is 538 g/mol. The molecule has 1 amide bonds. The smallest absolute Gasteiger partial charge is 0.270 e. The summed E-state index contributed by atoms with van der Waals surface area (Å²) in [5, 5.41) is 1.18. The van der Waals surface area contributed by atoms with Crippen LogP contribution in [0.4, 0.5) is 0 Å². The second kappa shape index (κ2) is 11.8. The molecule has 7 heteroatoms. The number of piperazine rings is 1. The van der Waals surface area contributed by atoms with Gasteiger partial charge in [-0.25, -0.2) is 4.98 Å². The molecule has 0 spiro atoms. The number of aryl methyl sites for hydroxylation is 1. The molecule has 40 heavy (non-hydrogen) atoms. The van der Waals surface area contributed by atoms with Gasteiger partial charge in [0.1, 0.15) is 5.69 Å². The number of rotatable bonds is 7. The highest BCUT2D eigenvalue weighted by atomic mass is 16.5. The van der Waals surface area contributed by atoms with Crippen LogP contribution < -0.4 is 4.74 Å². The van der Waals surface area contributed by atoms with E-state index >= 15 is 0 Å². The van der Waals surface area contributed by atoms with Crippen LogP contribution >= 0.6 is 0 Å². The fraction of sp³-hybridized carbons (Fsp3) is 0.394. The molecule has 2 fully saturated rings. The number of benzene rings is 2. The maximum atomic E-state index is 13.5. The van der Waals surface area contributed by atoms with E-state index in [1.54, 1.807) is 7.11 Å². The van der Waals surface area contributed by atoms with Gasteiger partial charge in [-0.3, -0.25) is 14.6 Å². The number of aromatic amines is 1. The maximum Gasteiger partial charge on any atom is 0.270 e. The van der Waals surface area contributed by atoms with Crippen molar-refractivity contribution in [2.24, 2.45) is 0 Å². The zero-order valence-corrected chi connectivity index (χ0v) is 23.6. The van der Waals surface area contributed by atoms with Crippen LogP contribution in [0.2, 0.25) is 0 Å². The summed E-state index contributed by atoms with van der Waals surface area (Å²) in [6.07, 6.45) is 4.19. The molecule has 0 unspecified atom stereocenters. The minimum absolute atomic E-state index is 0.121. The molecular weight excluding hydrogens is 498 g/mol. The quantitative estimate of drug-likeness (QED) is 0.350. The van der Waals surface area contributed by atoms with Gasteiger partial charge in [-0.15, -0.1) is 0 Å². The van der Waals surface area contributed by atoms with Gasteiger partial charge in [-0.05, 0) is 73.2 Å². The molecular formula is C33H39N5O2. The number of piperidine rings is 1. The summed E-state index contributed by atoms with van der Waals surface area (Å²) in [5.41, 5.74) is 6.79. The Morgan fingerprint density at radius 2 is 1.62 bits per heavy atom. The third-order valence-corrected chi connectivity index (χ3v) is 8.68. The van der Waals surface area contributed by atoms with Crippen molar-refractivity contribution in [1.29, 1.82) is 0 Å². The summed E-state index contributed by atoms with van der Waals surface area (Å²) < 4.78 is 5.18. The van der Waals surface area contributed by atoms with Crippen molar-refractivity contribution in [3.8, 4) is 5.88 Å². The molecule has 2 aliphatic heterocycles. The number of hydrogen-bond acceptors (Lipinski definition) is 5. The number of nitrogens with zero attached hydrogens (tertiary/aromatic N) is 4. The van der Waals surface area contributed by atoms with E-state index in [9.17, 15) is 4.79 Å². The van der Waals surface area contributed by atoms with Crippen LogP contribution in [0.15, 0.2) is 66.9 Å². The zero-order chi connectivity index (χ0) is 27.5. The van der Waals surface area contributed by atoms with Crippen LogP contribution in [-0.4, -0.2) is 77.0 Å². The molecule has 7 nitrogen and oxygen atoms in total. The van der Waals surface area contributed by atoms with E-state index in [0.717, 1.165) is 82.0 Å². The molecule has 2 aromatic carbocycles. The van der Waals surface area contributed by atoms with Crippen LogP contribution in [0.25, 0.3) is 10.9 Å². The third kappa shape index (κ3) is 5.76. The molecule has 0 atom stereocenters. The number of fused-ring (bicyclic) bond motifs is 1. The van der Waals surface area contributed by atoms with Crippen LogP contribution in [0.3, 0.4) is 0 Å². The molecule has 4 aromatic rings. The average Bonchev–Trinajstić information content (AvgIpc) is 3.34. The molecule has 0 aliphatic carbocycles. The highest BCUT2D eigenvalue weighted by Crippen LogP contribution is 2.32. The Labute approximate surface area is 236 Å². The number of aromatic nitrogens is 2. The largest absolute Gasteiger partial charge is 0.481 e. The summed E-state index contributed by atoms with van der Waals surface area (Å²) in [4.78, 5) is 28.3. The van der Waals surface area contributed by atoms with E-state index in [0.29, 0.717) is 11.8 Å². The Morgan fingerprint density at radius 3 is 2.33 bits per heavy atom. The normalized spacial score (nSPS) is 17.4. The molecule has 0 bridgehead atoms. The predicted octanol–water partition coefficient (Wildman–Crippen LogP) is 5.22. The highest BCUT2D eigenvalue weighted by Gasteiger charge is 2.26. The van der Waals surface area contributed by atoms with Gasteiger partial charge < -0.3 is 14.6 Å². The molecule has 4 heterocycles. The van der Waals surface area contributed by atoms with Gasteiger partial charge in [-0.2, -0.15) is 0 Å². The van der Waals surface area contributed by atoms with Gasteiger partial charge in [0.05, 0.1) is 7.11 Å². The number of carbonyl (C=O) groups excluding carboxylic acids is 1. The minimum Gasteiger partial charge on any atom is -0.481 e. The first-order valence-electron chi connectivity index (χ1n) is 14.5. The molecule has 1 N–H and O–H groups in total. The number of methoxy groups -OCH3 is 1. The number of carbonyl (C=O) groups is 1. The van der Waals surface area contributed by atoms with E-state index in [1.807, 2.05) is 17.2 Å². The molecule has 208 valence electrons. The van der Waals surface area contributed by atoms with E-state index in [1.165, 1.54) is 22.1 Å². The lowest BCUT2D eigenvalue weighted by Gasteiger charge is -2.34. The third-order valence-electron chi connectivity index (χ3n) is 8.68. The first-order valence-corrected chi connectivity index (χ1v) is 14.5. The van der Waals surface area contributed by atoms with E-state index in [4.69, 9.17) is 4.74 Å². The minimum atomic E-state index is 0.121. The monoisotopic (exact) mass is 537 g/mol. The van der Waals surface area contributed by atoms with Crippen molar-refractivity contribution in [1.82, 2.24) is 24.7 Å². The summed E-state index contributed by atoms with van der Waals surface area (Å²) in [6, 6.07) is 21.3. The van der Waals surface area contributed by atoms with Crippen molar-refractivity contribution in [2.75, 3.05) is 46.4 Å². The van der Waals surface area contributed by atoms with Crippen molar-refractivity contribution in [3.05, 3.63) is 94.8 Å². The van der Waals surface area contributed by atoms with Crippen LogP contribution in [0.5, 0.6) is 5.88 Å². The fourth-order valence-corrected chi connectivity index (χ4v) is 6.23. The SMILES string of the molecule is COc1ccc(CN2CCC(c3ccc4[nH]c(C(=O)N5CCN(Cc6ccccc6)CC5)c(C)c4c3)CC2)cn1. The number of H-pyrrole nitrogens is 1. The fourth-order valence-electron chi connectivity index (χ4n) is 6.23. The number of ether oxygens (including phenoxy) is 1.